The number of hydrogen-bond acceptors (Lipinski definition) is 5. The molecule has 0 amide bonds. The number of sulfonamides is 1. The van der Waals surface area contributed by atoms with Gasteiger partial charge in [0.05, 0.1) is 9.82 Å². The van der Waals surface area contributed by atoms with E-state index in [0.29, 0.717) is 25.1 Å². The Bertz CT molecular complexity index is 605. The first-order valence-electron chi connectivity index (χ1n) is 6.41. The van der Waals surface area contributed by atoms with Gasteiger partial charge < -0.3 is 5.32 Å². The van der Waals surface area contributed by atoms with E-state index >= 15 is 0 Å². The van der Waals surface area contributed by atoms with Crippen LogP contribution in [0.2, 0.25) is 0 Å². The molecular weight excluding hydrogens is 301 g/mol. The Morgan fingerprint density at radius 1 is 1.33 bits per heavy atom. The zero-order valence-corrected chi connectivity index (χ0v) is 12.6. The highest BCUT2D eigenvalue weighted by Gasteiger charge is 2.21. The van der Waals surface area contributed by atoms with Gasteiger partial charge in [0.15, 0.2) is 0 Å². The molecule has 0 saturated heterocycles. The summed E-state index contributed by atoms with van der Waals surface area (Å²) in [7, 11) is -3.88. The first-order valence-corrected chi connectivity index (χ1v) is 7.89. The van der Waals surface area contributed by atoms with Crippen molar-refractivity contribution >= 4 is 15.7 Å². The summed E-state index contributed by atoms with van der Waals surface area (Å²) >= 11 is 0. The lowest BCUT2D eigenvalue weighted by Crippen LogP contribution is -2.29. The van der Waals surface area contributed by atoms with Crippen molar-refractivity contribution in [2.45, 2.75) is 31.2 Å². The van der Waals surface area contributed by atoms with Gasteiger partial charge in [-0.05, 0) is 25.1 Å². The van der Waals surface area contributed by atoms with Crippen LogP contribution in [0.25, 0.3) is 0 Å². The molecule has 0 radical (unpaired) electrons. The molecule has 9 heteroatoms. The van der Waals surface area contributed by atoms with Gasteiger partial charge in [0.25, 0.3) is 0 Å². The van der Waals surface area contributed by atoms with E-state index in [1.165, 1.54) is 0 Å². The van der Waals surface area contributed by atoms with E-state index in [9.17, 15) is 22.9 Å². The van der Waals surface area contributed by atoms with E-state index in [2.05, 4.69) is 10.0 Å². The number of rotatable bonds is 8. The summed E-state index contributed by atoms with van der Waals surface area (Å²) in [5, 5.41) is 13.7. The normalized spacial score (nSPS) is 11.8. The van der Waals surface area contributed by atoms with Crippen molar-refractivity contribution in [3.8, 4) is 0 Å². The van der Waals surface area contributed by atoms with Gasteiger partial charge in [0.1, 0.15) is 0 Å². The summed E-state index contributed by atoms with van der Waals surface area (Å²) in [5.74, 6) is -1.07. The van der Waals surface area contributed by atoms with Crippen molar-refractivity contribution < 1.29 is 17.7 Å². The number of nitrogens with one attached hydrogen (secondary N) is 2. The highest BCUT2D eigenvalue weighted by atomic mass is 32.2. The minimum Gasteiger partial charge on any atom is -0.314 e. The van der Waals surface area contributed by atoms with Crippen molar-refractivity contribution in [1.82, 2.24) is 10.0 Å². The molecule has 0 aromatic heterocycles. The maximum absolute atomic E-state index is 13.2. The van der Waals surface area contributed by atoms with Gasteiger partial charge in [0.2, 0.25) is 15.8 Å². The largest absolute Gasteiger partial charge is 0.314 e. The molecule has 2 N–H and O–H groups in total. The molecule has 21 heavy (non-hydrogen) atoms. The maximum atomic E-state index is 13.2. The molecule has 0 aliphatic carbocycles. The Labute approximate surface area is 122 Å². The van der Waals surface area contributed by atoms with Crippen LogP contribution in [-0.4, -0.2) is 32.5 Å². The SMILES string of the molecule is CC(C)NCCCNS(=O)(=O)c1ccc(F)c([N+](=O)[O-])c1. The fraction of sp³-hybridized carbons (Fsp3) is 0.500. The third kappa shape index (κ3) is 5.37. The van der Waals surface area contributed by atoms with Gasteiger partial charge in [-0.2, -0.15) is 4.39 Å². The van der Waals surface area contributed by atoms with Crippen LogP contribution in [0.1, 0.15) is 20.3 Å². The minimum absolute atomic E-state index is 0.188. The summed E-state index contributed by atoms with van der Waals surface area (Å²) < 4.78 is 39.4. The van der Waals surface area contributed by atoms with Crippen molar-refractivity contribution in [2.75, 3.05) is 13.1 Å². The van der Waals surface area contributed by atoms with E-state index in [1.54, 1.807) is 0 Å². The van der Waals surface area contributed by atoms with E-state index < -0.39 is 26.5 Å². The highest BCUT2D eigenvalue weighted by Crippen LogP contribution is 2.21. The zero-order chi connectivity index (χ0) is 16.0. The molecular formula is C12H18FN3O4S. The fourth-order valence-corrected chi connectivity index (χ4v) is 2.66. The lowest BCUT2D eigenvalue weighted by molar-refractivity contribution is -0.387. The topological polar surface area (TPSA) is 101 Å². The summed E-state index contributed by atoms with van der Waals surface area (Å²) in [5.41, 5.74) is -0.862. The summed E-state index contributed by atoms with van der Waals surface area (Å²) in [6.45, 7) is 4.78. The van der Waals surface area contributed by atoms with Crippen LogP contribution in [0, 0.1) is 15.9 Å². The quantitative estimate of drug-likeness (QED) is 0.428. The number of benzene rings is 1. The first kappa shape index (κ1) is 17.5. The van der Waals surface area contributed by atoms with Crippen LogP contribution in [0.3, 0.4) is 0 Å². The predicted octanol–water partition coefficient (Wildman–Crippen LogP) is 1.40. The molecule has 1 rings (SSSR count). The molecule has 1 aromatic carbocycles. The van der Waals surface area contributed by atoms with Crippen molar-refractivity contribution in [3.63, 3.8) is 0 Å². The van der Waals surface area contributed by atoms with Crippen LogP contribution in [0.4, 0.5) is 10.1 Å². The molecule has 0 saturated carbocycles. The average molecular weight is 319 g/mol. The lowest BCUT2D eigenvalue weighted by atomic mass is 10.3. The zero-order valence-electron chi connectivity index (χ0n) is 11.8. The Kier molecular flexibility index (Phi) is 6.19. The van der Waals surface area contributed by atoms with Crippen LogP contribution in [0.5, 0.6) is 0 Å². The van der Waals surface area contributed by atoms with Gasteiger partial charge in [0, 0.05) is 18.7 Å². The highest BCUT2D eigenvalue weighted by molar-refractivity contribution is 7.89. The molecule has 0 aliphatic heterocycles. The smallest absolute Gasteiger partial charge is 0.306 e. The summed E-state index contributed by atoms with van der Waals surface area (Å²) in [4.78, 5) is 9.32. The Hall–Kier alpha value is -1.58. The monoisotopic (exact) mass is 319 g/mol. The second-order valence-corrected chi connectivity index (χ2v) is 6.50. The number of hydrogen-bond donors (Lipinski definition) is 2. The molecule has 0 spiro atoms. The van der Waals surface area contributed by atoms with Gasteiger partial charge >= 0.3 is 5.69 Å². The Morgan fingerprint density at radius 3 is 2.57 bits per heavy atom. The molecule has 0 atom stereocenters. The van der Waals surface area contributed by atoms with Crippen molar-refractivity contribution in [1.29, 1.82) is 0 Å². The number of nitro groups is 1. The van der Waals surface area contributed by atoms with Crippen molar-refractivity contribution in [3.05, 3.63) is 34.1 Å². The minimum atomic E-state index is -3.88. The Balaban J connectivity index is 2.70. The molecule has 1 aromatic rings. The molecule has 0 bridgehead atoms. The van der Waals surface area contributed by atoms with Gasteiger partial charge in [-0.15, -0.1) is 0 Å². The van der Waals surface area contributed by atoms with Crippen LogP contribution < -0.4 is 10.0 Å². The van der Waals surface area contributed by atoms with Crippen LogP contribution in [-0.2, 0) is 10.0 Å². The summed E-state index contributed by atoms with van der Waals surface area (Å²) in [6, 6.07) is 2.79. The molecule has 7 nitrogen and oxygen atoms in total. The standard InChI is InChI=1S/C12H18FN3O4S/c1-9(2)14-6-3-7-15-21(19,20)10-4-5-11(13)12(8-10)16(17)18/h4-5,8-9,14-15H,3,6-7H2,1-2H3. The number of nitro benzene ring substituents is 1. The van der Waals surface area contributed by atoms with E-state index in [4.69, 9.17) is 0 Å². The van der Waals surface area contributed by atoms with E-state index in [1.807, 2.05) is 13.8 Å². The second-order valence-electron chi connectivity index (χ2n) is 4.73. The molecule has 0 unspecified atom stereocenters. The van der Waals surface area contributed by atoms with Crippen LogP contribution in [0.15, 0.2) is 23.1 Å². The number of nitrogens with zero attached hydrogens (tertiary/aromatic N) is 1. The van der Waals surface area contributed by atoms with E-state index in [-0.39, 0.29) is 11.4 Å². The lowest BCUT2D eigenvalue weighted by Gasteiger charge is -2.09. The van der Waals surface area contributed by atoms with Crippen LogP contribution >= 0.6 is 0 Å². The predicted molar refractivity (Wildman–Crippen MR) is 76.0 cm³/mol. The molecule has 118 valence electrons. The average Bonchev–Trinajstić information content (AvgIpc) is 2.37. The third-order valence-electron chi connectivity index (χ3n) is 2.62. The fourth-order valence-electron chi connectivity index (χ4n) is 1.57. The Morgan fingerprint density at radius 2 is 2.00 bits per heavy atom. The van der Waals surface area contributed by atoms with Gasteiger partial charge in [-0.3, -0.25) is 10.1 Å². The third-order valence-corrected chi connectivity index (χ3v) is 4.08. The van der Waals surface area contributed by atoms with Gasteiger partial charge in [-0.25, -0.2) is 13.1 Å². The summed E-state index contributed by atoms with van der Waals surface area (Å²) in [6.07, 6.45) is 0.570. The van der Waals surface area contributed by atoms with E-state index in [0.717, 1.165) is 12.1 Å². The molecule has 0 aliphatic rings. The first-order chi connectivity index (χ1) is 9.74. The molecule has 0 fully saturated rings. The molecule has 0 heterocycles. The second kappa shape index (κ2) is 7.43. The maximum Gasteiger partial charge on any atom is 0.306 e. The van der Waals surface area contributed by atoms with Gasteiger partial charge in [-0.1, -0.05) is 13.8 Å². The number of halogens is 1. The van der Waals surface area contributed by atoms with Crippen molar-refractivity contribution in [2.24, 2.45) is 0 Å².